The topological polar surface area (TPSA) is 49.4 Å². The summed E-state index contributed by atoms with van der Waals surface area (Å²) in [6.07, 6.45) is 4.82. The van der Waals surface area contributed by atoms with Crippen molar-refractivity contribution in [3.8, 4) is 0 Å². The van der Waals surface area contributed by atoms with Crippen LogP contribution in [0.15, 0.2) is 30.3 Å². The highest BCUT2D eigenvalue weighted by Crippen LogP contribution is 2.48. The summed E-state index contributed by atoms with van der Waals surface area (Å²) >= 11 is 0. The fourth-order valence-electron chi connectivity index (χ4n) is 4.50. The van der Waals surface area contributed by atoms with Gasteiger partial charge in [-0.25, -0.2) is 0 Å². The number of benzene rings is 1. The summed E-state index contributed by atoms with van der Waals surface area (Å²) in [4.78, 5) is 26.8. The van der Waals surface area contributed by atoms with E-state index in [0.29, 0.717) is 5.92 Å². The van der Waals surface area contributed by atoms with Crippen molar-refractivity contribution in [3.63, 3.8) is 0 Å². The number of piperazine rings is 1. The molecule has 0 spiro atoms. The van der Waals surface area contributed by atoms with Gasteiger partial charge in [-0.15, -0.1) is 0 Å². The van der Waals surface area contributed by atoms with Gasteiger partial charge in [-0.1, -0.05) is 36.8 Å². The molecule has 0 aromatic heterocycles. The summed E-state index contributed by atoms with van der Waals surface area (Å²) in [6, 6.07) is 9.51. The molecule has 4 atom stereocenters. The van der Waals surface area contributed by atoms with Crippen molar-refractivity contribution in [2.45, 2.75) is 37.8 Å². The number of rotatable bonds is 2. The Bertz CT molecular complexity index is 571. The quantitative estimate of drug-likeness (QED) is 0.901. The van der Waals surface area contributed by atoms with Crippen LogP contribution >= 0.6 is 0 Å². The van der Waals surface area contributed by atoms with E-state index in [9.17, 15) is 9.59 Å². The molecule has 4 rings (SSSR count). The lowest BCUT2D eigenvalue weighted by Crippen LogP contribution is -2.58. The average molecular weight is 284 g/mol. The molecule has 1 saturated heterocycles. The minimum Gasteiger partial charge on any atom is -0.345 e. The number of hydrogen-bond acceptors (Lipinski definition) is 2. The summed E-state index contributed by atoms with van der Waals surface area (Å²) in [5, 5.41) is 2.75. The maximum Gasteiger partial charge on any atom is 0.247 e. The third kappa shape index (κ3) is 2.04. The van der Waals surface area contributed by atoms with Crippen molar-refractivity contribution in [3.05, 3.63) is 35.9 Å². The van der Waals surface area contributed by atoms with E-state index in [0.717, 1.165) is 17.9 Å². The molecular weight excluding hydrogens is 264 g/mol. The number of carbonyl (C=O) groups excluding carboxylic acids is 2. The molecule has 1 N–H and O–H groups in total. The highest BCUT2D eigenvalue weighted by atomic mass is 16.2. The van der Waals surface area contributed by atoms with Crippen molar-refractivity contribution in [2.24, 2.45) is 11.8 Å². The zero-order chi connectivity index (χ0) is 14.4. The molecule has 4 heteroatoms. The molecule has 1 heterocycles. The van der Waals surface area contributed by atoms with E-state index >= 15 is 0 Å². The van der Waals surface area contributed by atoms with Crippen LogP contribution in [0.2, 0.25) is 0 Å². The first-order valence-electron chi connectivity index (χ1n) is 7.88. The van der Waals surface area contributed by atoms with E-state index in [4.69, 9.17) is 0 Å². The molecule has 4 nitrogen and oxygen atoms in total. The number of nitrogens with one attached hydrogen (secondary N) is 1. The first-order chi connectivity index (χ1) is 10.2. The Morgan fingerprint density at radius 2 is 1.86 bits per heavy atom. The van der Waals surface area contributed by atoms with Gasteiger partial charge in [0.25, 0.3) is 0 Å². The van der Waals surface area contributed by atoms with E-state index in [1.165, 1.54) is 19.3 Å². The molecule has 2 bridgehead atoms. The van der Waals surface area contributed by atoms with Crippen molar-refractivity contribution < 1.29 is 9.59 Å². The largest absolute Gasteiger partial charge is 0.345 e. The first-order valence-corrected chi connectivity index (χ1v) is 7.88. The molecule has 3 fully saturated rings. The highest BCUT2D eigenvalue weighted by molar-refractivity contribution is 5.95. The Morgan fingerprint density at radius 1 is 1.05 bits per heavy atom. The maximum atomic E-state index is 12.5. The minimum absolute atomic E-state index is 0.0384. The Labute approximate surface area is 124 Å². The van der Waals surface area contributed by atoms with Crippen LogP contribution < -0.4 is 5.32 Å². The second-order valence-corrected chi connectivity index (χ2v) is 6.57. The standard InChI is InChI=1S/C17H20N2O2/c20-15-10-18-17(21)16(12-4-2-1-3-5-12)19(15)14-9-11-6-7-13(14)8-11/h1-5,11,13-14,16H,6-10H2,(H,18,21). The summed E-state index contributed by atoms with van der Waals surface area (Å²) < 4.78 is 0. The van der Waals surface area contributed by atoms with Gasteiger partial charge in [0, 0.05) is 6.04 Å². The van der Waals surface area contributed by atoms with Crippen LogP contribution in [0.3, 0.4) is 0 Å². The van der Waals surface area contributed by atoms with Crippen molar-refractivity contribution in [1.82, 2.24) is 10.2 Å². The number of fused-ring (bicyclic) bond motifs is 2. The third-order valence-electron chi connectivity index (χ3n) is 5.40. The molecule has 3 aliphatic rings. The van der Waals surface area contributed by atoms with Gasteiger partial charge >= 0.3 is 0 Å². The van der Waals surface area contributed by atoms with Gasteiger partial charge in [-0.05, 0) is 36.7 Å². The smallest absolute Gasteiger partial charge is 0.247 e. The van der Waals surface area contributed by atoms with Crippen molar-refractivity contribution >= 4 is 11.8 Å². The second kappa shape index (κ2) is 4.86. The molecule has 21 heavy (non-hydrogen) atoms. The molecule has 4 unspecified atom stereocenters. The number of nitrogens with zero attached hydrogens (tertiary/aromatic N) is 1. The number of carbonyl (C=O) groups is 2. The van der Waals surface area contributed by atoms with Crippen molar-refractivity contribution in [2.75, 3.05) is 6.54 Å². The molecule has 1 aliphatic heterocycles. The average Bonchev–Trinajstić information content (AvgIpc) is 3.13. The first kappa shape index (κ1) is 12.9. The minimum atomic E-state index is -0.447. The molecule has 110 valence electrons. The highest BCUT2D eigenvalue weighted by Gasteiger charge is 2.48. The zero-order valence-electron chi connectivity index (χ0n) is 12.0. The predicted molar refractivity (Wildman–Crippen MR) is 78.3 cm³/mol. The third-order valence-corrected chi connectivity index (χ3v) is 5.40. The lowest BCUT2D eigenvalue weighted by molar-refractivity contribution is -0.150. The van der Waals surface area contributed by atoms with Gasteiger partial charge in [0.15, 0.2) is 0 Å². The van der Waals surface area contributed by atoms with Crippen LogP contribution in [0, 0.1) is 11.8 Å². The van der Waals surface area contributed by atoms with Gasteiger partial charge in [0.2, 0.25) is 11.8 Å². The fraction of sp³-hybridized carbons (Fsp3) is 0.529. The van der Waals surface area contributed by atoms with Crippen LogP contribution in [0.5, 0.6) is 0 Å². The fourth-order valence-corrected chi connectivity index (χ4v) is 4.50. The van der Waals surface area contributed by atoms with Crippen LogP contribution in [0.25, 0.3) is 0 Å². The van der Waals surface area contributed by atoms with Crippen molar-refractivity contribution in [1.29, 1.82) is 0 Å². The van der Waals surface area contributed by atoms with E-state index in [1.54, 1.807) is 0 Å². The summed E-state index contributed by atoms with van der Waals surface area (Å²) in [5.41, 5.74) is 0.922. The van der Waals surface area contributed by atoms with E-state index in [-0.39, 0.29) is 24.4 Å². The number of hydrogen-bond donors (Lipinski definition) is 1. The van der Waals surface area contributed by atoms with Crippen LogP contribution in [0.4, 0.5) is 0 Å². The normalized spacial score (nSPS) is 35.1. The van der Waals surface area contributed by atoms with E-state index in [1.807, 2.05) is 35.2 Å². The molecule has 0 radical (unpaired) electrons. The predicted octanol–water partition coefficient (Wildman–Crippen LogP) is 1.87. The summed E-state index contributed by atoms with van der Waals surface area (Å²) in [5.74, 6) is 1.38. The van der Waals surface area contributed by atoms with Crippen LogP contribution in [-0.2, 0) is 9.59 Å². The lowest BCUT2D eigenvalue weighted by atomic mass is 9.90. The van der Waals surface area contributed by atoms with Crippen LogP contribution in [0.1, 0.15) is 37.3 Å². The Balaban J connectivity index is 1.70. The molecule has 2 saturated carbocycles. The zero-order valence-corrected chi connectivity index (χ0v) is 12.0. The van der Waals surface area contributed by atoms with Gasteiger partial charge < -0.3 is 10.2 Å². The Kier molecular flexibility index (Phi) is 2.98. The molecule has 2 aliphatic carbocycles. The molecule has 1 aromatic rings. The second-order valence-electron chi connectivity index (χ2n) is 6.57. The van der Waals surface area contributed by atoms with Gasteiger partial charge in [-0.2, -0.15) is 0 Å². The Hall–Kier alpha value is -1.84. The molecule has 1 aromatic carbocycles. The van der Waals surface area contributed by atoms with Gasteiger partial charge in [0.1, 0.15) is 6.04 Å². The summed E-state index contributed by atoms with van der Waals surface area (Å²) in [6.45, 7) is 0.149. The van der Waals surface area contributed by atoms with Gasteiger partial charge in [0.05, 0.1) is 6.54 Å². The lowest BCUT2D eigenvalue weighted by Gasteiger charge is -2.42. The SMILES string of the molecule is O=C1NCC(=O)N(C2CC3CCC2C3)C1c1ccccc1. The van der Waals surface area contributed by atoms with E-state index < -0.39 is 6.04 Å². The number of amides is 2. The summed E-state index contributed by atoms with van der Waals surface area (Å²) in [7, 11) is 0. The molecular formula is C17H20N2O2. The maximum absolute atomic E-state index is 12.5. The molecule has 2 amide bonds. The van der Waals surface area contributed by atoms with Crippen LogP contribution in [-0.4, -0.2) is 29.3 Å². The Morgan fingerprint density at radius 3 is 2.52 bits per heavy atom. The van der Waals surface area contributed by atoms with E-state index in [2.05, 4.69) is 5.32 Å². The van der Waals surface area contributed by atoms with Gasteiger partial charge in [-0.3, -0.25) is 9.59 Å². The monoisotopic (exact) mass is 284 g/mol.